The summed E-state index contributed by atoms with van der Waals surface area (Å²) < 4.78 is 12.2. The van der Waals surface area contributed by atoms with E-state index in [-0.39, 0.29) is 5.91 Å². The van der Waals surface area contributed by atoms with Crippen molar-refractivity contribution in [2.24, 2.45) is 5.41 Å². The van der Waals surface area contributed by atoms with Crippen LogP contribution in [0.4, 0.5) is 0 Å². The van der Waals surface area contributed by atoms with Crippen LogP contribution < -0.4 is 0 Å². The fourth-order valence-corrected chi connectivity index (χ4v) is 3.23. The molecule has 3 heterocycles. The second-order valence-electron chi connectivity index (χ2n) is 6.16. The molecule has 2 saturated heterocycles. The number of rotatable bonds is 4. The normalized spacial score (nSPS) is 20.6. The molecule has 21 heavy (non-hydrogen) atoms. The first-order valence-electron chi connectivity index (χ1n) is 7.54. The molecule has 2 fully saturated rings. The summed E-state index contributed by atoms with van der Waals surface area (Å²) in [4.78, 5) is 14.5. The largest absolute Gasteiger partial charge is 0.383 e. The third kappa shape index (κ3) is 2.82. The minimum atomic E-state index is 0.105. The maximum atomic E-state index is 12.6. The summed E-state index contributed by atoms with van der Waals surface area (Å²) in [5.74, 6) is 0.105. The SMILES string of the molecule is COCCn1cc(C(=O)N2CC3(CCOCC3)C2)c(C)n1. The van der Waals surface area contributed by atoms with Gasteiger partial charge in [-0.05, 0) is 19.8 Å². The van der Waals surface area contributed by atoms with Crippen LogP contribution in [-0.2, 0) is 16.0 Å². The van der Waals surface area contributed by atoms with E-state index in [1.807, 2.05) is 18.0 Å². The minimum absolute atomic E-state index is 0.105. The zero-order valence-corrected chi connectivity index (χ0v) is 12.8. The lowest BCUT2D eigenvalue weighted by Gasteiger charge is -2.52. The summed E-state index contributed by atoms with van der Waals surface area (Å²) in [5, 5.41) is 4.38. The van der Waals surface area contributed by atoms with Crippen LogP contribution in [0.5, 0.6) is 0 Å². The quantitative estimate of drug-likeness (QED) is 0.834. The number of methoxy groups -OCH3 is 1. The third-order valence-electron chi connectivity index (χ3n) is 4.59. The molecule has 1 amide bonds. The van der Waals surface area contributed by atoms with Crippen LogP contribution in [0.25, 0.3) is 0 Å². The van der Waals surface area contributed by atoms with Gasteiger partial charge in [0.2, 0.25) is 0 Å². The number of carbonyl (C=O) groups excluding carboxylic acids is 1. The summed E-state index contributed by atoms with van der Waals surface area (Å²) in [5.41, 5.74) is 1.82. The molecule has 1 aromatic rings. The Balaban J connectivity index is 1.62. The van der Waals surface area contributed by atoms with Crippen LogP contribution in [0.2, 0.25) is 0 Å². The molecule has 3 rings (SSSR count). The summed E-state index contributed by atoms with van der Waals surface area (Å²) in [7, 11) is 1.66. The predicted octanol–water partition coefficient (Wildman–Crippen LogP) is 1.09. The van der Waals surface area contributed by atoms with E-state index in [4.69, 9.17) is 9.47 Å². The van der Waals surface area contributed by atoms with Gasteiger partial charge in [0, 0.05) is 45.0 Å². The maximum absolute atomic E-state index is 12.6. The smallest absolute Gasteiger partial charge is 0.257 e. The Labute approximate surface area is 125 Å². The van der Waals surface area contributed by atoms with Crippen LogP contribution in [-0.4, -0.2) is 60.6 Å². The number of hydrogen-bond donors (Lipinski definition) is 0. The minimum Gasteiger partial charge on any atom is -0.383 e. The number of hydrogen-bond acceptors (Lipinski definition) is 4. The molecule has 116 valence electrons. The molecule has 0 N–H and O–H groups in total. The second-order valence-corrected chi connectivity index (χ2v) is 6.16. The van der Waals surface area contributed by atoms with Crippen LogP contribution >= 0.6 is 0 Å². The Hall–Kier alpha value is -1.40. The number of ether oxygens (including phenoxy) is 2. The first-order chi connectivity index (χ1) is 10.1. The number of nitrogens with zero attached hydrogens (tertiary/aromatic N) is 3. The molecule has 6 nitrogen and oxygen atoms in total. The number of likely N-dealkylation sites (tertiary alicyclic amines) is 1. The molecule has 6 heteroatoms. The summed E-state index contributed by atoms with van der Waals surface area (Å²) >= 11 is 0. The lowest BCUT2D eigenvalue weighted by atomic mass is 9.73. The molecule has 0 aliphatic carbocycles. The average Bonchev–Trinajstić information content (AvgIpc) is 2.83. The monoisotopic (exact) mass is 293 g/mol. The molecule has 1 spiro atoms. The van der Waals surface area contributed by atoms with Gasteiger partial charge in [-0.2, -0.15) is 5.10 Å². The summed E-state index contributed by atoms with van der Waals surface area (Å²) in [6.07, 6.45) is 3.98. The molecule has 1 aromatic heterocycles. The standard InChI is InChI=1S/C15H23N3O3/c1-12-13(9-18(16-12)5-8-20-2)14(19)17-10-15(11-17)3-6-21-7-4-15/h9H,3-8,10-11H2,1-2H3. The third-order valence-corrected chi connectivity index (χ3v) is 4.59. The topological polar surface area (TPSA) is 56.6 Å². The van der Waals surface area contributed by atoms with Crippen molar-refractivity contribution >= 4 is 5.91 Å². The molecule has 0 atom stereocenters. The van der Waals surface area contributed by atoms with E-state index in [1.165, 1.54) is 0 Å². The van der Waals surface area contributed by atoms with E-state index >= 15 is 0 Å². The van der Waals surface area contributed by atoms with E-state index in [9.17, 15) is 4.79 Å². The number of carbonyl (C=O) groups is 1. The van der Waals surface area contributed by atoms with E-state index in [2.05, 4.69) is 5.10 Å². The van der Waals surface area contributed by atoms with Gasteiger partial charge in [-0.3, -0.25) is 9.48 Å². The molecule has 0 saturated carbocycles. The highest BCUT2D eigenvalue weighted by atomic mass is 16.5. The van der Waals surface area contributed by atoms with Crippen molar-refractivity contribution in [1.82, 2.24) is 14.7 Å². The molecule has 2 aliphatic heterocycles. The van der Waals surface area contributed by atoms with Crippen molar-refractivity contribution in [2.45, 2.75) is 26.3 Å². The van der Waals surface area contributed by atoms with Gasteiger partial charge in [0.25, 0.3) is 5.91 Å². The fraction of sp³-hybridized carbons (Fsp3) is 0.733. The Kier molecular flexibility index (Phi) is 3.99. The Morgan fingerprint density at radius 3 is 2.81 bits per heavy atom. The van der Waals surface area contributed by atoms with Gasteiger partial charge in [0.1, 0.15) is 0 Å². The van der Waals surface area contributed by atoms with Crippen LogP contribution in [0, 0.1) is 12.3 Å². The van der Waals surface area contributed by atoms with E-state index in [0.717, 1.165) is 44.8 Å². The first kappa shape index (κ1) is 14.5. The van der Waals surface area contributed by atoms with Crippen LogP contribution in [0.1, 0.15) is 28.9 Å². The molecular weight excluding hydrogens is 270 g/mol. The Morgan fingerprint density at radius 1 is 1.43 bits per heavy atom. The number of aromatic nitrogens is 2. The van der Waals surface area contributed by atoms with Crippen LogP contribution in [0.15, 0.2) is 6.20 Å². The van der Waals surface area contributed by atoms with Gasteiger partial charge in [0.15, 0.2) is 0 Å². The molecular formula is C15H23N3O3. The highest BCUT2D eigenvalue weighted by molar-refractivity contribution is 5.95. The lowest BCUT2D eigenvalue weighted by molar-refractivity contribution is -0.0666. The van der Waals surface area contributed by atoms with Crippen molar-refractivity contribution < 1.29 is 14.3 Å². The average molecular weight is 293 g/mol. The molecule has 2 aliphatic rings. The number of amides is 1. The fourth-order valence-electron chi connectivity index (χ4n) is 3.23. The Morgan fingerprint density at radius 2 is 2.14 bits per heavy atom. The number of aryl methyl sites for hydroxylation is 1. The zero-order valence-electron chi connectivity index (χ0n) is 12.8. The molecule has 0 unspecified atom stereocenters. The second kappa shape index (κ2) is 5.77. The van der Waals surface area contributed by atoms with Gasteiger partial charge < -0.3 is 14.4 Å². The lowest BCUT2D eigenvalue weighted by Crippen LogP contribution is -2.60. The zero-order chi connectivity index (χ0) is 14.9. The van der Waals surface area contributed by atoms with Gasteiger partial charge in [-0.15, -0.1) is 0 Å². The van der Waals surface area contributed by atoms with Crippen LogP contribution in [0.3, 0.4) is 0 Å². The van der Waals surface area contributed by atoms with Crippen molar-refractivity contribution in [3.05, 3.63) is 17.5 Å². The van der Waals surface area contributed by atoms with Crippen molar-refractivity contribution in [2.75, 3.05) is 40.0 Å². The van der Waals surface area contributed by atoms with E-state index in [0.29, 0.717) is 24.1 Å². The van der Waals surface area contributed by atoms with E-state index in [1.54, 1.807) is 11.8 Å². The van der Waals surface area contributed by atoms with Gasteiger partial charge in [0.05, 0.1) is 24.4 Å². The first-order valence-corrected chi connectivity index (χ1v) is 7.54. The predicted molar refractivity (Wildman–Crippen MR) is 77.2 cm³/mol. The molecule has 0 radical (unpaired) electrons. The highest BCUT2D eigenvalue weighted by Gasteiger charge is 2.46. The Bertz CT molecular complexity index is 512. The van der Waals surface area contributed by atoms with Crippen molar-refractivity contribution in [1.29, 1.82) is 0 Å². The summed E-state index contributed by atoms with van der Waals surface area (Å²) in [6, 6.07) is 0. The molecule has 0 aromatic carbocycles. The van der Waals surface area contributed by atoms with Crippen molar-refractivity contribution in [3.63, 3.8) is 0 Å². The molecule has 0 bridgehead atoms. The maximum Gasteiger partial charge on any atom is 0.257 e. The van der Waals surface area contributed by atoms with Gasteiger partial charge in [-0.25, -0.2) is 0 Å². The van der Waals surface area contributed by atoms with Crippen molar-refractivity contribution in [3.8, 4) is 0 Å². The van der Waals surface area contributed by atoms with E-state index < -0.39 is 0 Å². The summed E-state index contributed by atoms with van der Waals surface area (Å²) in [6.45, 7) is 6.54. The van der Waals surface area contributed by atoms with Gasteiger partial charge in [-0.1, -0.05) is 0 Å². The van der Waals surface area contributed by atoms with Gasteiger partial charge >= 0.3 is 0 Å². The highest BCUT2D eigenvalue weighted by Crippen LogP contribution is 2.40.